The number of hydrogen-bond donors (Lipinski definition) is 2. The van der Waals surface area contributed by atoms with Crippen LogP contribution in [0, 0.1) is 0 Å². The van der Waals surface area contributed by atoms with Crippen LogP contribution >= 0.6 is 11.6 Å². The molecule has 0 saturated carbocycles. The monoisotopic (exact) mass is 442 g/mol. The van der Waals surface area contributed by atoms with Crippen LogP contribution in [-0.4, -0.2) is 27.4 Å². The highest BCUT2D eigenvalue weighted by Gasteiger charge is 2.50. The second-order valence-corrected chi connectivity index (χ2v) is 7.01. The molecular weight excluding hydrogens is 429 g/mol. The lowest BCUT2D eigenvalue weighted by molar-refractivity contribution is -0.139. The zero-order valence-electron chi connectivity index (χ0n) is 15.3. The van der Waals surface area contributed by atoms with E-state index in [0.717, 1.165) is 0 Å². The van der Waals surface area contributed by atoms with Crippen LogP contribution in [0.25, 0.3) is 0 Å². The summed E-state index contributed by atoms with van der Waals surface area (Å²) < 4.78 is 39.2. The Bertz CT molecular complexity index is 1090. The number of benzene rings is 1. The maximum absolute atomic E-state index is 12.9. The van der Waals surface area contributed by atoms with Gasteiger partial charge in [0.1, 0.15) is 17.1 Å². The molecule has 4 amide bonds. The van der Waals surface area contributed by atoms with Crippen molar-refractivity contribution in [2.75, 3.05) is 0 Å². The van der Waals surface area contributed by atoms with E-state index in [1.807, 2.05) is 5.43 Å². The molecule has 0 bridgehead atoms. The Morgan fingerprint density at radius 1 is 1.20 bits per heavy atom. The highest BCUT2D eigenvalue weighted by Crippen LogP contribution is 2.30. The molecule has 0 radical (unpaired) electrons. The normalized spacial score (nSPS) is 19.0. The Morgan fingerprint density at radius 2 is 1.83 bits per heavy atom. The zero-order valence-corrected chi connectivity index (χ0v) is 16.0. The Hall–Kier alpha value is -3.34. The second-order valence-electron chi connectivity index (χ2n) is 6.60. The van der Waals surface area contributed by atoms with Gasteiger partial charge in [0.15, 0.2) is 0 Å². The summed E-state index contributed by atoms with van der Waals surface area (Å²) in [5.74, 6) is -1.88. The summed E-state index contributed by atoms with van der Waals surface area (Å²) in [4.78, 5) is 49.2. The van der Waals surface area contributed by atoms with Gasteiger partial charge in [0, 0.05) is 6.20 Å². The van der Waals surface area contributed by atoms with Crippen molar-refractivity contribution >= 4 is 29.4 Å². The molecular formula is C18H14ClF3N4O4. The number of alkyl halides is 3. The van der Waals surface area contributed by atoms with Crippen LogP contribution in [0.3, 0.4) is 0 Å². The van der Waals surface area contributed by atoms with Crippen LogP contribution in [0.1, 0.15) is 18.1 Å². The first-order chi connectivity index (χ1) is 13.9. The van der Waals surface area contributed by atoms with Gasteiger partial charge in [-0.3, -0.25) is 19.8 Å². The molecule has 3 rings (SSSR count). The van der Waals surface area contributed by atoms with Gasteiger partial charge < -0.3 is 9.88 Å². The third-order valence-corrected chi connectivity index (χ3v) is 4.73. The molecule has 1 aromatic heterocycles. The number of halogens is 4. The average Bonchev–Trinajstić information content (AvgIpc) is 2.89. The van der Waals surface area contributed by atoms with E-state index in [2.05, 4.69) is 5.32 Å². The van der Waals surface area contributed by atoms with Crippen molar-refractivity contribution in [2.24, 2.45) is 0 Å². The van der Waals surface area contributed by atoms with E-state index in [-0.39, 0.29) is 0 Å². The number of hydrazine groups is 1. The number of carbonyl (C=O) groups excluding carboxylic acids is 3. The third-order valence-electron chi connectivity index (χ3n) is 4.46. The van der Waals surface area contributed by atoms with Gasteiger partial charge in [-0.1, -0.05) is 41.9 Å². The highest BCUT2D eigenvalue weighted by molar-refractivity contribution is 6.30. The molecule has 158 valence electrons. The first-order valence-corrected chi connectivity index (χ1v) is 8.80. The number of pyridine rings is 1. The van der Waals surface area contributed by atoms with Gasteiger partial charge in [-0.25, -0.2) is 4.79 Å². The largest absolute Gasteiger partial charge is 0.417 e. The lowest BCUT2D eigenvalue weighted by Crippen LogP contribution is -2.49. The Kier molecular flexibility index (Phi) is 5.33. The van der Waals surface area contributed by atoms with Gasteiger partial charge in [0.25, 0.3) is 17.4 Å². The van der Waals surface area contributed by atoms with E-state index < -0.39 is 52.3 Å². The molecule has 1 aliphatic heterocycles. The SMILES string of the molecule is CC1(c2ccccc2)NC(=O)N(NC(=O)Cn2cc(C(F)(F)F)cc(Cl)c2=O)C1=O. The van der Waals surface area contributed by atoms with E-state index in [1.54, 1.807) is 30.3 Å². The number of carbonyl (C=O) groups is 3. The fourth-order valence-electron chi connectivity index (χ4n) is 2.89. The summed E-state index contributed by atoms with van der Waals surface area (Å²) in [6.45, 7) is 0.535. The molecule has 1 atom stereocenters. The topological polar surface area (TPSA) is 101 Å². The Labute approximate surface area is 172 Å². The van der Waals surface area contributed by atoms with E-state index in [1.165, 1.54) is 6.92 Å². The summed E-state index contributed by atoms with van der Waals surface area (Å²) in [5.41, 5.74) is -1.26. The number of imide groups is 1. The summed E-state index contributed by atoms with van der Waals surface area (Å²) in [6.07, 6.45) is -4.37. The number of nitrogens with one attached hydrogen (secondary N) is 2. The molecule has 0 spiro atoms. The highest BCUT2D eigenvalue weighted by atomic mass is 35.5. The first-order valence-electron chi connectivity index (χ1n) is 8.42. The van der Waals surface area contributed by atoms with Gasteiger partial charge in [-0.15, -0.1) is 0 Å². The summed E-state index contributed by atoms with van der Waals surface area (Å²) in [7, 11) is 0. The minimum atomic E-state index is -4.79. The molecule has 1 aromatic carbocycles. The van der Waals surface area contributed by atoms with Crippen molar-refractivity contribution in [1.82, 2.24) is 20.3 Å². The minimum Gasteiger partial charge on any atom is -0.318 e. The lowest BCUT2D eigenvalue weighted by atomic mass is 9.92. The van der Waals surface area contributed by atoms with Crippen molar-refractivity contribution in [3.05, 3.63) is 69.1 Å². The number of hydrogen-bond acceptors (Lipinski definition) is 4. The molecule has 0 aliphatic carbocycles. The zero-order chi connectivity index (χ0) is 22.3. The van der Waals surface area contributed by atoms with Crippen LogP contribution in [-0.2, 0) is 27.8 Å². The number of rotatable bonds is 4. The van der Waals surface area contributed by atoms with E-state index in [0.29, 0.717) is 27.4 Å². The molecule has 30 heavy (non-hydrogen) atoms. The van der Waals surface area contributed by atoms with Crippen LogP contribution < -0.4 is 16.3 Å². The van der Waals surface area contributed by atoms with E-state index in [9.17, 15) is 32.3 Å². The maximum Gasteiger partial charge on any atom is 0.417 e. The number of nitrogens with zero attached hydrogens (tertiary/aromatic N) is 2. The quantitative estimate of drug-likeness (QED) is 0.707. The molecule has 8 nitrogen and oxygen atoms in total. The van der Waals surface area contributed by atoms with Crippen LogP contribution in [0.4, 0.5) is 18.0 Å². The fraction of sp³-hybridized carbons (Fsp3) is 0.222. The van der Waals surface area contributed by atoms with Gasteiger partial charge in [0.05, 0.1) is 5.56 Å². The standard InChI is InChI=1S/C18H14ClF3N4O4/c1-17(10-5-3-2-4-6-10)15(29)26(16(30)23-17)24-13(27)9-25-8-11(18(20,21)22)7-12(19)14(25)28/h2-8H,9H2,1H3,(H,23,30)(H,24,27). The van der Waals surface area contributed by atoms with Crippen LogP contribution in [0.2, 0.25) is 5.02 Å². The molecule has 1 aliphatic rings. The van der Waals surface area contributed by atoms with Crippen molar-refractivity contribution in [3.8, 4) is 0 Å². The molecule has 1 fully saturated rings. The van der Waals surface area contributed by atoms with E-state index >= 15 is 0 Å². The van der Waals surface area contributed by atoms with Crippen LogP contribution in [0.15, 0.2) is 47.4 Å². The van der Waals surface area contributed by atoms with Gasteiger partial charge in [0.2, 0.25) is 0 Å². The summed E-state index contributed by atoms with van der Waals surface area (Å²) in [6, 6.07) is 7.75. The maximum atomic E-state index is 12.9. The molecule has 2 heterocycles. The molecule has 12 heteroatoms. The Morgan fingerprint density at radius 3 is 2.43 bits per heavy atom. The van der Waals surface area contributed by atoms with Crippen molar-refractivity contribution < 1.29 is 27.6 Å². The smallest absolute Gasteiger partial charge is 0.318 e. The third kappa shape index (κ3) is 3.88. The summed E-state index contributed by atoms with van der Waals surface area (Å²) >= 11 is 5.54. The van der Waals surface area contributed by atoms with Gasteiger partial charge in [-0.05, 0) is 18.6 Å². The average molecular weight is 443 g/mol. The van der Waals surface area contributed by atoms with Crippen molar-refractivity contribution in [3.63, 3.8) is 0 Å². The van der Waals surface area contributed by atoms with Gasteiger partial charge in [-0.2, -0.15) is 18.2 Å². The number of aromatic nitrogens is 1. The lowest BCUT2D eigenvalue weighted by Gasteiger charge is -2.22. The van der Waals surface area contributed by atoms with Crippen LogP contribution in [0.5, 0.6) is 0 Å². The van der Waals surface area contributed by atoms with Gasteiger partial charge >= 0.3 is 12.2 Å². The minimum absolute atomic E-state index is 0.412. The van der Waals surface area contributed by atoms with Crippen molar-refractivity contribution in [2.45, 2.75) is 25.2 Å². The second kappa shape index (κ2) is 7.48. The van der Waals surface area contributed by atoms with Crippen molar-refractivity contribution in [1.29, 1.82) is 0 Å². The molecule has 2 N–H and O–H groups in total. The molecule has 1 unspecified atom stereocenters. The van der Waals surface area contributed by atoms with E-state index in [4.69, 9.17) is 11.6 Å². The summed E-state index contributed by atoms with van der Waals surface area (Å²) in [5, 5.41) is 2.13. The molecule has 1 saturated heterocycles. The number of amides is 4. The fourth-order valence-corrected chi connectivity index (χ4v) is 3.12. The predicted molar refractivity (Wildman–Crippen MR) is 98.0 cm³/mol. The number of urea groups is 1. The predicted octanol–water partition coefficient (Wildman–Crippen LogP) is 2.02. The Balaban J connectivity index is 1.81. The first kappa shape index (κ1) is 21.4. The molecule has 2 aromatic rings.